The average Bonchev–Trinajstić information content (AvgIpc) is 2.78. The van der Waals surface area contributed by atoms with E-state index in [0.717, 1.165) is 28.2 Å². The quantitative estimate of drug-likeness (QED) is 0.673. The van der Waals surface area contributed by atoms with Crippen molar-refractivity contribution < 1.29 is 14.3 Å². The molecule has 148 valence electrons. The van der Waals surface area contributed by atoms with Crippen molar-refractivity contribution in [2.45, 2.75) is 13.0 Å². The molecule has 2 aromatic carbocycles. The van der Waals surface area contributed by atoms with Gasteiger partial charge in [0.2, 0.25) is 0 Å². The van der Waals surface area contributed by atoms with E-state index in [4.69, 9.17) is 14.5 Å². The minimum Gasteiger partial charge on any atom is -0.497 e. The Labute approximate surface area is 169 Å². The van der Waals surface area contributed by atoms with Crippen LogP contribution in [0.25, 0.3) is 11.4 Å². The van der Waals surface area contributed by atoms with E-state index in [1.165, 1.54) is 0 Å². The number of methoxy groups -OCH3 is 2. The van der Waals surface area contributed by atoms with Crippen LogP contribution >= 0.6 is 0 Å². The molecule has 0 radical (unpaired) electrons. The van der Waals surface area contributed by atoms with Gasteiger partial charge in [-0.25, -0.2) is 9.97 Å². The van der Waals surface area contributed by atoms with Crippen LogP contribution in [0.15, 0.2) is 48.5 Å². The van der Waals surface area contributed by atoms with E-state index in [1.807, 2.05) is 48.5 Å². The van der Waals surface area contributed by atoms with Crippen molar-refractivity contribution >= 4 is 11.7 Å². The van der Waals surface area contributed by atoms with Gasteiger partial charge in [-0.15, -0.1) is 0 Å². The number of hydrogen-bond acceptors (Lipinski definition) is 6. The minimum atomic E-state index is -0.170. The van der Waals surface area contributed by atoms with E-state index >= 15 is 0 Å². The van der Waals surface area contributed by atoms with E-state index < -0.39 is 0 Å². The van der Waals surface area contributed by atoms with Crippen molar-refractivity contribution in [3.63, 3.8) is 0 Å². The van der Waals surface area contributed by atoms with Crippen LogP contribution in [0.1, 0.15) is 21.6 Å². The van der Waals surface area contributed by atoms with Crippen molar-refractivity contribution in [1.82, 2.24) is 15.3 Å². The highest BCUT2D eigenvalue weighted by Crippen LogP contribution is 2.27. The van der Waals surface area contributed by atoms with E-state index in [1.54, 1.807) is 14.2 Å². The van der Waals surface area contributed by atoms with Gasteiger partial charge in [-0.05, 0) is 24.1 Å². The fourth-order valence-corrected chi connectivity index (χ4v) is 3.31. The lowest BCUT2D eigenvalue weighted by Gasteiger charge is -2.20. The van der Waals surface area contributed by atoms with Gasteiger partial charge < -0.3 is 20.1 Å². The Morgan fingerprint density at radius 1 is 1.03 bits per heavy atom. The molecule has 0 fully saturated rings. The van der Waals surface area contributed by atoms with Crippen LogP contribution in [0.5, 0.6) is 11.5 Å². The highest BCUT2D eigenvalue weighted by atomic mass is 16.5. The molecule has 0 unspecified atom stereocenters. The maximum atomic E-state index is 12.4. The zero-order valence-electron chi connectivity index (χ0n) is 16.4. The number of hydrogen-bond donors (Lipinski definition) is 2. The molecule has 1 aliphatic heterocycles. The van der Waals surface area contributed by atoms with Crippen molar-refractivity contribution in [1.29, 1.82) is 0 Å². The number of anilines is 1. The van der Waals surface area contributed by atoms with E-state index in [2.05, 4.69) is 15.6 Å². The summed E-state index contributed by atoms with van der Waals surface area (Å²) in [6.45, 7) is 1.08. The van der Waals surface area contributed by atoms with Crippen molar-refractivity contribution in [3.8, 4) is 22.9 Å². The highest BCUT2D eigenvalue weighted by molar-refractivity contribution is 5.96. The summed E-state index contributed by atoms with van der Waals surface area (Å²) in [6, 6.07) is 15.3. The molecule has 4 rings (SSSR count). The summed E-state index contributed by atoms with van der Waals surface area (Å²) in [4.78, 5) is 21.7. The molecule has 7 heteroatoms. The summed E-state index contributed by atoms with van der Waals surface area (Å²) in [5, 5.41) is 6.24. The Morgan fingerprint density at radius 3 is 2.45 bits per heavy atom. The highest BCUT2D eigenvalue weighted by Gasteiger charge is 2.24. The second kappa shape index (κ2) is 8.18. The molecule has 1 aromatic heterocycles. The van der Waals surface area contributed by atoms with Gasteiger partial charge in [0, 0.05) is 30.3 Å². The van der Waals surface area contributed by atoms with Gasteiger partial charge >= 0.3 is 0 Å². The van der Waals surface area contributed by atoms with Gasteiger partial charge in [0.15, 0.2) is 5.82 Å². The summed E-state index contributed by atoms with van der Waals surface area (Å²) >= 11 is 0. The molecule has 0 atom stereocenters. The summed E-state index contributed by atoms with van der Waals surface area (Å²) < 4.78 is 10.7. The Morgan fingerprint density at radius 2 is 1.76 bits per heavy atom. The minimum absolute atomic E-state index is 0.170. The molecule has 1 aliphatic rings. The zero-order chi connectivity index (χ0) is 20.2. The predicted octanol–water partition coefficient (Wildman–Crippen LogP) is 3.06. The number of fused-ring (bicyclic) bond motifs is 1. The van der Waals surface area contributed by atoms with Crippen LogP contribution in [-0.4, -0.2) is 36.6 Å². The van der Waals surface area contributed by atoms with E-state index in [9.17, 15) is 4.79 Å². The molecule has 0 spiro atoms. The summed E-state index contributed by atoms with van der Waals surface area (Å²) in [5.41, 5.74) is 3.11. The van der Waals surface area contributed by atoms with Crippen LogP contribution in [0, 0.1) is 0 Å². The second-order valence-electron chi connectivity index (χ2n) is 6.67. The first kappa shape index (κ1) is 18.7. The van der Waals surface area contributed by atoms with Crippen molar-refractivity contribution in [2.75, 3.05) is 26.1 Å². The first-order valence-corrected chi connectivity index (χ1v) is 9.38. The SMILES string of the molecule is COc1cc(CNc2nc(-c3ccccc3)nc3c2CCNC3=O)cc(OC)c1. The number of carbonyl (C=O) groups is 1. The van der Waals surface area contributed by atoms with E-state index in [0.29, 0.717) is 36.8 Å². The molecule has 0 saturated carbocycles. The van der Waals surface area contributed by atoms with Crippen LogP contribution in [-0.2, 0) is 13.0 Å². The average molecular weight is 390 g/mol. The first-order valence-electron chi connectivity index (χ1n) is 9.38. The molecule has 1 amide bonds. The maximum Gasteiger partial charge on any atom is 0.270 e. The summed E-state index contributed by atoms with van der Waals surface area (Å²) in [5.74, 6) is 2.46. The Bertz CT molecular complexity index is 1020. The van der Waals surface area contributed by atoms with Crippen LogP contribution in [0.2, 0.25) is 0 Å². The number of nitrogens with zero attached hydrogens (tertiary/aromatic N) is 2. The number of rotatable bonds is 6. The number of ether oxygens (including phenoxy) is 2. The topological polar surface area (TPSA) is 85.4 Å². The third-order valence-electron chi connectivity index (χ3n) is 4.79. The van der Waals surface area contributed by atoms with Crippen LogP contribution in [0.3, 0.4) is 0 Å². The van der Waals surface area contributed by atoms with Crippen molar-refractivity contribution in [2.24, 2.45) is 0 Å². The van der Waals surface area contributed by atoms with Gasteiger partial charge in [-0.1, -0.05) is 30.3 Å². The number of carbonyl (C=O) groups excluding carboxylic acids is 1. The van der Waals surface area contributed by atoms with Gasteiger partial charge in [0.25, 0.3) is 5.91 Å². The maximum absolute atomic E-state index is 12.4. The lowest BCUT2D eigenvalue weighted by molar-refractivity contribution is 0.0940. The Kier molecular flexibility index (Phi) is 5.29. The van der Waals surface area contributed by atoms with Crippen LogP contribution in [0.4, 0.5) is 5.82 Å². The molecular weight excluding hydrogens is 368 g/mol. The van der Waals surface area contributed by atoms with Gasteiger partial charge in [0.1, 0.15) is 23.0 Å². The fraction of sp³-hybridized carbons (Fsp3) is 0.227. The third kappa shape index (κ3) is 3.99. The number of benzene rings is 2. The monoisotopic (exact) mass is 390 g/mol. The number of aromatic nitrogens is 2. The normalized spacial score (nSPS) is 12.7. The van der Waals surface area contributed by atoms with Gasteiger partial charge in [-0.2, -0.15) is 0 Å². The van der Waals surface area contributed by atoms with Gasteiger partial charge in [-0.3, -0.25) is 4.79 Å². The van der Waals surface area contributed by atoms with Crippen LogP contribution < -0.4 is 20.1 Å². The third-order valence-corrected chi connectivity index (χ3v) is 4.79. The fourth-order valence-electron chi connectivity index (χ4n) is 3.31. The molecular formula is C22H22N4O3. The molecule has 0 bridgehead atoms. The smallest absolute Gasteiger partial charge is 0.270 e. The molecule has 2 N–H and O–H groups in total. The summed E-state index contributed by atoms with van der Waals surface area (Å²) in [7, 11) is 3.25. The largest absolute Gasteiger partial charge is 0.497 e. The Hall–Kier alpha value is -3.61. The molecule has 7 nitrogen and oxygen atoms in total. The predicted molar refractivity (Wildman–Crippen MR) is 110 cm³/mol. The van der Waals surface area contributed by atoms with Crippen molar-refractivity contribution in [3.05, 3.63) is 65.4 Å². The lowest BCUT2D eigenvalue weighted by Crippen LogP contribution is -2.34. The number of nitrogens with one attached hydrogen (secondary N) is 2. The zero-order valence-corrected chi connectivity index (χ0v) is 16.4. The molecule has 0 saturated heterocycles. The first-order chi connectivity index (χ1) is 14.2. The second-order valence-corrected chi connectivity index (χ2v) is 6.67. The standard InChI is InChI=1S/C22H22N4O3/c1-28-16-10-14(11-17(12-16)29-2)13-24-21-18-8-9-23-22(27)19(18)25-20(26-21)15-6-4-3-5-7-15/h3-7,10-12H,8-9,13H2,1-2H3,(H,23,27)(H,24,25,26). The summed E-state index contributed by atoms with van der Waals surface area (Å²) in [6.07, 6.45) is 0.680. The van der Waals surface area contributed by atoms with E-state index in [-0.39, 0.29) is 5.91 Å². The number of amides is 1. The molecule has 3 aromatic rings. The molecule has 29 heavy (non-hydrogen) atoms. The molecule has 2 heterocycles. The van der Waals surface area contributed by atoms with Gasteiger partial charge in [0.05, 0.1) is 14.2 Å². The lowest BCUT2D eigenvalue weighted by atomic mass is 10.1. The Balaban J connectivity index is 1.69. The molecule has 0 aliphatic carbocycles.